The largest absolute Gasteiger partial charge is 0.462 e. The van der Waals surface area contributed by atoms with Crippen molar-refractivity contribution in [2.45, 2.75) is 258 Å². The zero-order valence-electron chi connectivity index (χ0n) is 43.6. The fourth-order valence-corrected chi connectivity index (χ4v) is 7.36. The Morgan fingerprint density at radius 2 is 0.597 bits per heavy atom. The number of esters is 3. The fourth-order valence-electron chi connectivity index (χ4n) is 7.36. The molecule has 0 rings (SSSR count). The van der Waals surface area contributed by atoms with E-state index in [1.807, 2.05) is 0 Å². The average molecular weight is 931 g/mol. The SMILES string of the molecule is CC/C=C\C/C=C\C/C=C\C/C=C\C/C=C\CCCCCC(=O)OC[C@@H](COC(=O)CCCCCCC/C=C\CCCC)OC(=O)CCCCCCCCCCC/C=C\C/C=C\CCCCC. The molecule has 0 unspecified atom stereocenters. The van der Waals surface area contributed by atoms with E-state index in [1.165, 1.54) is 96.3 Å². The number of hydrogen-bond acceptors (Lipinski definition) is 6. The molecule has 0 aliphatic carbocycles. The van der Waals surface area contributed by atoms with E-state index >= 15 is 0 Å². The number of unbranched alkanes of at least 4 members (excludes halogenated alkanes) is 22. The van der Waals surface area contributed by atoms with Crippen LogP contribution in [0.4, 0.5) is 0 Å². The van der Waals surface area contributed by atoms with Crippen molar-refractivity contribution in [3.8, 4) is 0 Å². The van der Waals surface area contributed by atoms with Gasteiger partial charge in [0.2, 0.25) is 0 Å². The molecule has 67 heavy (non-hydrogen) atoms. The minimum absolute atomic E-state index is 0.0949. The zero-order chi connectivity index (χ0) is 48.6. The molecule has 1 atom stereocenters. The highest BCUT2D eigenvalue weighted by Crippen LogP contribution is 2.14. The zero-order valence-corrected chi connectivity index (χ0v) is 43.6. The summed E-state index contributed by atoms with van der Waals surface area (Å²) in [7, 11) is 0. The van der Waals surface area contributed by atoms with E-state index in [4.69, 9.17) is 14.2 Å². The van der Waals surface area contributed by atoms with Gasteiger partial charge in [0.15, 0.2) is 6.10 Å². The van der Waals surface area contributed by atoms with Crippen LogP contribution in [-0.2, 0) is 28.6 Å². The highest BCUT2D eigenvalue weighted by Gasteiger charge is 2.19. The first-order chi connectivity index (χ1) is 33.0. The topological polar surface area (TPSA) is 78.9 Å². The van der Waals surface area contributed by atoms with Gasteiger partial charge in [0.05, 0.1) is 0 Å². The van der Waals surface area contributed by atoms with E-state index in [1.54, 1.807) is 0 Å². The van der Waals surface area contributed by atoms with Crippen molar-refractivity contribution in [3.63, 3.8) is 0 Å². The Kier molecular flexibility index (Phi) is 51.9. The molecule has 0 saturated carbocycles. The van der Waals surface area contributed by atoms with Crippen molar-refractivity contribution in [3.05, 3.63) is 97.2 Å². The minimum Gasteiger partial charge on any atom is -0.462 e. The van der Waals surface area contributed by atoms with Gasteiger partial charge in [0.25, 0.3) is 0 Å². The molecule has 0 aliphatic rings. The van der Waals surface area contributed by atoms with Crippen molar-refractivity contribution in [2.75, 3.05) is 13.2 Å². The molecule has 0 aromatic rings. The molecule has 0 radical (unpaired) electrons. The smallest absolute Gasteiger partial charge is 0.306 e. The fraction of sp³-hybridized carbons (Fsp3) is 0.689. The lowest BCUT2D eigenvalue weighted by Crippen LogP contribution is -2.30. The molecule has 6 heteroatoms. The Labute approximate surface area is 413 Å². The second kappa shape index (κ2) is 54.9. The predicted molar refractivity (Wildman–Crippen MR) is 288 cm³/mol. The first kappa shape index (κ1) is 63.3. The summed E-state index contributed by atoms with van der Waals surface area (Å²) in [4.78, 5) is 38.1. The standard InChI is InChI=1S/C61H102O6/c1-4-7-10-13-16-19-22-24-26-28-30-32-34-36-39-42-45-48-51-54-60(63)66-57-58(56-65-59(62)53-50-47-44-41-38-21-18-15-12-9-6-3)67-61(64)55-52-49-46-43-40-37-35-33-31-29-27-25-23-20-17-14-11-8-5-2/h7,10,15-20,24-27,30,32,36,39,58H,4-6,8-9,11-14,21-23,28-29,31,33-35,37-38,40-57H2,1-3H3/b10-7-,18-15-,19-16-,20-17-,26-24-,27-25-,32-30-,39-36-/t58-/m1/s1. The van der Waals surface area contributed by atoms with E-state index in [0.717, 1.165) is 116 Å². The number of carbonyl (C=O) groups is 3. The van der Waals surface area contributed by atoms with Crippen LogP contribution < -0.4 is 0 Å². The maximum atomic E-state index is 12.8. The van der Waals surface area contributed by atoms with Crippen LogP contribution in [0.3, 0.4) is 0 Å². The second-order valence-corrected chi connectivity index (χ2v) is 18.1. The molecule has 0 fully saturated rings. The molecule has 6 nitrogen and oxygen atoms in total. The van der Waals surface area contributed by atoms with E-state index in [2.05, 4.69) is 118 Å². The molecular formula is C61H102O6. The van der Waals surface area contributed by atoms with Gasteiger partial charge < -0.3 is 14.2 Å². The Bertz CT molecular complexity index is 1350. The van der Waals surface area contributed by atoms with Crippen LogP contribution in [0.25, 0.3) is 0 Å². The molecule has 0 bridgehead atoms. The summed E-state index contributed by atoms with van der Waals surface area (Å²) in [6.45, 7) is 6.42. The maximum Gasteiger partial charge on any atom is 0.306 e. The van der Waals surface area contributed by atoms with Gasteiger partial charge >= 0.3 is 17.9 Å². The quantitative estimate of drug-likeness (QED) is 0.0262. The van der Waals surface area contributed by atoms with Crippen LogP contribution in [-0.4, -0.2) is 37.2 Å². The summed E-state index contributed by atoms with van der Waals surface area (Å²) in [6.07, 6.45) is 72.5. The van der Waals surface area contributed by atoms with Crippen molar-refractivity contribution in [1.29, 1.82) is 0 Å². The van der Waals surface area contributed by atoms with Gasteiger partial charge in [-0.15, -0.1) is 0 Å². The molecule has 0 heterocycles. The highest BCUT2D eigenvalue weighted by molar-refractivity contribution is 5.71. The van der Waals surface area contributed by atoms with Gasteiger partial charge in [0, 0.05) is 19.3 Å². The van der Waals surface area contributed by atoms with Crippen LogP contribution >= 0.6 is 0 Å². The van der Waals surface area contributed by atoms with Gasteiger partial charge in [-0.05, 0) is 116 Å². The third-order valence-electron chi connectivity index (χ3n) is 11.5. The summed E-state index contributed by atoms with van der Waals surface area (Å²) >= 11 is 0. The van der Waals surface area contributed by atoms with Crippen LogP contribution in [0, 0.1) is 0 Å². The lowest BCUT2D eigenvalue weighted by atomic mass is 10.1. The van der Waals surface area contributed by atoms with Crippen LogP contribution in [0.5, 0.6) is 0 Å². The Morgan fingerprint density at radius 3 is 0.985 bits per heavy atom. The van der Waals surface area contributed by atoms with Crippen LogP contribution in [0.1, 0.15) is 252 Å². The van der Waals surface area contributed by atoms with E-state index < -0.39 is 6.10 Å². The summed E-state index contributed by atoms with van der Waals surface area (Å²) in [5, 5.41) is 0. The molecule has 382 valence electrons. The second-order valence-electron chi connectivity index (χ2n) is 18.1. The number of rotatable bonds is 49. The number of hydrogen-bond donors (Lipinski definition) is 0. The van der Waals surface area contributed by atoms with E-state index in [-0.39, 0.29) is 31.1 Å². The average Bonchev–Trinajstić information content (AvgIpc) is 3.33. The summed E-state index contributed by atoms with van der Waals surface area (Å²) in [6, 6.07) is 0. The lowest BCUT2D eigenvalue weighted by molar-refractivity contribution is -0.167. The Hall–Kier alpha value is -3.67. The number of ether oxygens (including phenoxy) is 3. The molecule has 0 aromatic carbocycles. The van der Waals surface area contributed by atoms with Crippen molar-refractivity contribution in [1.82, 2.24) is 0 Å². The molecule has 0 amide bonds. The van der Waals surface area contributed by atoms with Gasteiger partial charge in [-0.2, -0.15) is 0 Å². The molecular weight excluding hydrogens is 829 g/mol. The van der Waals surface area contributed by atoms with Gasteiger partial charge in [-0.1, -0.05) is 214 Å². The van der Waals surface area contributed by atoms with Gasteiger partial charge in [0.1, 0.15) is 13.2 Å². The maximum absolute atomic E-state index is 12.8. The summed E-state index contributed by atoms with van der Waals surface area (Å²) in [5.74, 6) is -0.941. The van der Waals surface area contributed by atoms with Crippen molar-refractivity contribution < 1.29 is 28.6 Å². The molecule has 0 spiro atoms. The third-order valence-corrected chi connectivity index (χ3v) is 11.5. The van der Waals surface area contributed by atoms with Crippen molar-refractivity contribution in [2.24, 2.45) is 0 Å². The Balaban J connectivity index is 4.42. The molecule has 0 aromatic heterocycles. The van der Waals surface area contributed by atoms with E-state index in [0.29, 0.717) is 19.3 Å². The van der Waals surface area contributed by atoms with Gasteiger partial charge in [-0.3, -0.25) is 14.4 Å². The van der Waals surface area contributed by atoms with Crippen molar-refractivity contribution >= 4 is 17.9 Å². The summed E-state index contributed by atoms with van der Waals surface area (Å²) < 4.78 is 16.8. The number of carbonyl (C=O) groups excluding carboxylic acids is 3. The molecule has 0 saturated heterocycles. The lowest BCUT2D eigenvalue weighted by Gasteiger charge is -2.18. The molecule has 0 N–H and O–H groups in total. The van der Waals surface area contributed by atoms with Crippen LogP contribution in [0.15, 0.2) is 97.2 Å². The summed E-state index contributed by atoms with van der Waals surface area (Å²) in [5.41, 5.74) is 0. The van der Waals surface area contributed by atoms with Crippen LogP contribution in [0.2, 0.25) is 0 Å². The monoisotopic (exact) mass is 931 g/mol. The first-order valence-electron chi connectivity index (χ1n) is 27.7. The highest BCUT2D eigenvalue weighted by atomic mass is 16.6. The normalized spacial score (nSPS) is 12.8. The Morgan fingerprint density at radius 1 is 0.313 bits per heavy atom. The minimum atomic E-state index is -0.797. The molecule has 0 aliphatic heterocycles. The van der Waals surface area contributed by atoms with E-state index in [9.17, 15) is 14.4 Å². The predicted octanol–water partition coefficient (Wildman–Crippen LogP) is 18.5. The van der Waals surface area contributed by atoms with Gasteiger partial charge in [-0.25, -0.2) is 0 Å². The number of allylic oxidation sites excluding steroid dienone is 16. The first-order valence-corrected chi connectivity index (χ1v) is 27.7. The third kappa shape index (κ3) is 53.2.